The quantitative estimate of drug-likeness (QED) is 0.185. The van der Waals surface area contributed by atoms with Crippen LogP contribution in [0.25, 0.3) is 94.7 Å². The molecule has 51 heavy (non-hydrogen) atoms. The number of aryl methyl sites for hydroxylation is 1. The van der Waals surface area contributed by atoms with Crippen LogP contribution < -0.4 is 0 Å². The van der Waals surface area contributed by atoms with Gasteiger partial charge in [-0.15, -0.1) is 0 Å². The van der Waals surface area contributed by atoms with E-state index in [4.69, 9.17) is 19.4 Å². The summed E-state index contributed by atoms with van der Waals surface area (Å²) in [6.45, 7) is 2.17. The molecule has 0 bridgehead atoms. The summed E-state index contributed by atoms with van der Waals surface area (Å²) in [4.78, 5) is 15.3. The lowest BCUT2D eigenvalue weighted by molar-refractivity contribution is 0.671. The van der Waals surface area contributed by atoms with E-state index in [-0.39, 0.29) is 0 Å². The number of furan rings is 1. The molecule has 0 amide bonds. The summed E-state index contributed by atoms with van der Waals surface area (Å²) in [5.41, 5.74) is 10.9. The lowest BCUT2D eigenvalue weighted by atomic mass is 10.0. The number of aromatic nitrogens is 4. The molecule has 3 heterocycles. The minimum absolute atomic E-state index is 0.561. The molecule has 0 unspecified atom stereocenters. The van der Waals surface area contributed by atoms with Crippen LogP contribution in [0.2, 0.25) is 0 Å². The van der Waals surface area contributed by atoms with Crippen molar-refractivity contribution >= 4 is 43.7 Å². The Morgan fingerprint density at radius 3 is 1.82 bits per heavy atom. The number of nitrogens with zero attached hydrogens (tertiary/aromatic N) is 4. The van der Waals surface area contributed by atoms with Gasteiger partial charge in [0.05, 0.1) is 16.6 Å². The minimum atomic E-state index is 0.561. The minimum Gasteiger partial charge on any atom is -0.453 e. The maximum absolute atomic E-state index is 7.07. The summed E-state index contributed by atoms with van der Waals surface area (Å²) in [5, 5.41) is 4.47. The normalized spacial score (nSPS) is 11.6. The Morgan fingerprint density at radius 2 is 1.04 bits per heavy atom. The van der Waals surface area contributed by atoms with Crippen molar-refractivity contribution < 1.29 is 4.42 Å². The molecule has 240 valence electrons. The van der Waals surface area contributed by atoms with Gasteiger partial charge in [0, 0.05) is 38.4 Å². The highest BCUT2D eigenvalue weighted by molar-refractivity contribution is 6.23. The highest BCUT2D eigenvalue weighted by Gasteiger charge is 2.23. The zero-order valence-electron chi connectivity index (χ0n) is 27.8. The molecule has 0 saturated carbocycles. The third-order valence-corrected chi connectivity index (χ3v) is 9.75. The average molecular weight is 655 g/mol. The molecule has 5 nitrogen and oxygen atoms in total. The molecule has 0 atom stereocenters. The van der Waals surface area contributed by atoms with Crippen LogP contribution in [0.5, 0.6) is 0 Å². The van der Waals surface area contributed by atoms with Gasteiger partial charge >= 0.3 is 0 Å². The van der Waals surface area contributed by atoms with Crippen molar-refractivity contribution in [3.8, 4) is 51.0 Å². The highest BCUT2D eigenvalue weighted by atomic mass is 16.3. The highest BCUT2D eigenvalue weighted by Crippen LogP contribution is 2.44. The molecule has 10 rings (SSSR count). The SMILES string of the molecule is Cc1cc2c3ccccc3n(-c3ccccc3)c2c2oc3c(-c4nc(-c5ccccc5)nc(-c5cccc(-c6ccccc6)c5)n4)cccc3c12. The first-order chi connectivity index (χ1) is 25.2. The molecule has 0 aliphatic heterocycles. The van der Waals surface area contributed by atoms with Gasteiger partial charge in [0.15, 0.2) is 23.1 Å². The number of hydrogen-bond acceptors (Lipinski definition) is 4. The second-order valence-corrected chi connectivity index (χ2v) is 12.9. The van der Waals surface area contributed by atoms with Gasteiger partial charge in [0.1, 0.15) is 5.58 Å². The van der Waals surface area contributed by atoms with Crippen LogP contribution in [0.1, 0.15) is 5.56 Å². The summed E-state index contributed by atoms with van der Waals surface area (Å²) in [5.74, 6) is 1.77. The summed E-state index contributed by atoms with van der Waals surface area (Å²) in [6.07, 6.45) is 0. The van der Waals surface area contributed by atoms with E-state index in [1.165, 1.54) is 5.39 Å². The van der Waals surface area contributed by atoms with E-state index < -0.39 is 0 Å². The smallest absolute Gasteiger partial charge is 0.167 e. The third-order valence-electron chi connectivity index (χ3n) is 9.75. The zero-order valence-corrected chi connectivity index (χ0v) is 27.8. The topological polar surface area (TPSA) is 56.7 Å². The van der Waals surface area contributed by atoms with Crippen molar-refractivity contribution in [2.24, 2.45) is 0 Å². The Bertz CT molecular complexity index is 2910. The fraction of sp³-hybridized carbons (Fsp3) is 0.0217. The van der Waals surface area contributed by atoms with Gasteiger partial charge in [-0.25, -0.2) is 15.0 Å². The maximum Gasteiger partial charge on any atom is 0.167 e. The van der Waals surface area contributed by atoms with Gasteiger partial charge in [-0.05, 0) is 60.0 Å². The summed E-state index contributed by atoms with van der Waals surface area (Å²) < 4.78 is 9.39. The van der Waals surface area contributed by atoms with Crippen LogP contribution >= 0.6 is 0 Å². The van der Waals surface area contributed by atoms with Gasteiger partial charge in [0.2, 0.25) is 0 Å². The molecule has 0 fully saturated rings. The van der Waals surface area contributed by atoms with Crippen molar-refractivity contribution in [1.82, 2.24) is 19.5 Å². The van der Waals surface area contributed by atoms with Crippen molar-refractivity contribution in [3.63, 3.8) is 0 Å². The van der Waals surface area contributed by atoms with Gasteiger partial charge in [-0.1, -0.05) is 127 Å². The van der Waals surface area contributed by atoms with E-state index in [0.717, 1.165) is 77.4 Å². The van der Waals surface area contributed by atoms with E-state index in [1.807, 2.05) is 36.4 Å². The predicted molar refractivity (Wildman–Crippen MR) is 208 cm³/mol. The molecule has 0 spiro atoms. The summed E-state index contributed by atoms with van der Waals surface area (Å²) >= 11 is 0. The Balaban J connectivity index is 1.25. The number of fused-ring (bicyclic) bond motifs is 7. The lowest BCUT2D eigenvalue weighted by Gasteiger charge is -2.10. The molecule has 3 aromatic heterocycles. The lowest BCUT2D eigenvalue weighted by Crippen LogP contribution is -2.00. The van der Waals surface area contributed by atoms with E-state index in [2.05, 4.69) is 139 Å². The first-order valence-corrected chi connectivity index (χ1v) is 17.1. The van der Waals surface area contributed by atoms with Gasteiger partial charge in [-0.3, -0.25) is 0 Å². The van der Waals surface area contributed by atoms with Crippen molar-refractivity contribution in [3.05, 3.63) is 169 Å². The molecular weight excluding hydrogens is 625 g/mol. The van der Waals surface area contributed by atoms with Crippen LogP contribution in [-0.2, 0) is 0 Å². The first kappa shape index (κ1) is 29.1. The second kappa shape index (κ2) is 11.6. The number of hydrogen-bond donors (Lipinski definition) is 0. The van der Waals surface area contributed by atoms with Crippen LogP contribution in [-0.4, -0.2) is 19.5 Å². The van der Waals surface area contributed by atoms with Gasteiger partial charge in [0.25, 0.3) is 0 Å². The Morgan fingerprint density at radius 1 is 0.451 bits per heavy atom. The molecule has 7 aromatic carbocycles. The molecular formula is C46H30N4O. The van der Waals surface area contributed by atoms with Crippen molar-refractivity contribution in [2.75, 3.05) is 0 Å². The Labute approximate surface area is 294 Å². The maximum atomic E-state index is 7.07. The Kier molecular flexibility index (Phi) is 6.64. The van der Waals surface area contributed by atoms with E-state index in [9.17, 15) is 0 Å². The molecule has 0 aliphatic rings. The Hall–Kier alpha value is -6.85. The summed E-state index contributed by atoms with van der Waals surface area (Å²) in [7, 11) is 0. The number of rotatable bonds is 5. The third kappa shape index (κ3) is 4.74. The molecule has 5 heteroatoms. The molecule has 0 saturated heterocycles. The molecule has 0 radical (unpaired) electrons. The monoisotopic (exact) mass is 654 g/mol. The second-order valence-electron chi connectivity index (χ2n) is 12.9. The standard InChI is InChI=1S/C46H30N4O/c1-29-27-38-35-23-11-12-26-39(35)50(34-21-9-4-10-22-34)41(38)43-40(29)36-24-14-25-37(42(36)51-43)46-48-44(31-17-7-3-8-18-31)47-45(49-46)33-20-13-19-32(28-33)30-15-5-2-6-16-30/h2-28H,1H3. The molecule has 0 aliphatic carbocycles. The summed E-state index contributed by atoms with van der Waals surface area (Å²) in [6, 6.07) is 56.5. The number of benzene rings is 7. The fourth-order valence-corrected chi connectivity index (χ4v) is 7.43. The van der Waals surface area contributed by atoms with Crippen molar-refractivity contribution in [1.29, 1.82) is 0 Å². The van der Waals surface area contributed by atoms with E-state index >= 15 is 0 Å². The van der Waals surface area contributed by atoms with Gasteiger partial charge < -0.3 is 8.98 Å². The average Bonchev–Trinajstić information content (AvgIpc) is 3.76. The molecule has 10 aromatic rings. The largest absolute Gasteiger partial charge is 0.453 e. The van der Waals surface area contributed by atoms with Crippen LogP contribution in [0.15, 0.2) is 168 Å². The first-order valence-electron chi connectivity index (χ1n) is 17.1. The van der Waals surface area contributed by atoms with Crippen LogP contribution in [0.4, 0.5) is 0 Å². The van der Waals surface area contributed by atoms with Crippen molar-refractivity contribution in [2.45, 2.75) is 6.92 Å². The van der Waals surface area contributed by atoms with Gasteiger partial charge in [-0.2, -0.15) is 0 Å². The van der Waals surface area contributed by atoms with Crippen LogP contribution in [0.3, 0.4) is 0 Å². The fourth-order valence-electron chi connectivity index (χ4n) is 7.43. The zero-order chi connectivity index (χ0) is 33.9. The molecule has 0 N–H and O–H groups in total. The number of para-hydroxylation sites is 3. The van der Waals surface area contributed by atoms with E-state index in [0.29, 0.717) is 17.5 Å². The predicted octanol–water partition coefficient (Wildman–Crippen LogP) is 11.8. The van der Waals surface area contributed by atoms with Crippen LogP contribution in [0, 0.1) is 6.92 Å². The van der Waals surface area contributed by atoms with E-state index in [1.54, 1.807) is 0 Å².